The minimum Gasteiger partial charge on any atom is -0.411 e. The van der Waals surface area contributed by atoms with E-state index in [1.807, 2.05) is 30.1 Å². The average Bonchev–Trinajstić information content (AvgIpc) is 2.84. The van der Waals surface area contributed by atoms with Crippen molar-refractivity contribution < 1.29 is 9.22 Å². The predicted octanol–water partition coefficient (Wildman–Crippen LogP) is 4.18. The Morgan fingerprint density at radius 1 is 1.13 bits per heavy atom. The maximum Gasteiger partial charge on any atom is 0.254 e. The van der Waals surface area contributed by atoms with Crippen LogP contribution in [0, 0.1) is 0 Å². The molecule has 0 radical (unpaired) electrons. The first-order chi connectivity index (χ1) is 10.6. The van der Waals surface area contributed by atoms with E-state index in [0.717, 1.165) is 11.1 Å². The zero-order chi connectivity index (χ0) is 17.0. The number of benzene rings is 1. The van der Waals surface area contributed by atoms with Crippen molar-refractivity contribution in [3.05, 3.63) is 47.5 Å². The Morgan fingerprint density at radius 3 is 2.43 bits per heavy atom. The van der Waals surface area contributed by atoms with Crippen LogP contribution in [0.4, 0.5) is 0 Å². The molecule has 1 aliphatic heterocycles. The van der Waals surface area contributed by atoms with Crippen LogP contribution in [0.15, 0.2) is 36.4 Å². The summed E-state index contributed by atoms with van der Waals surface area (Å²) in [6.45, 7) is 11.3. The van der Waals surface area contributed by atoms with Crippen LogP contribution in [0.3, 0.4) is 0 Å². The number of hydrogen-bond acceptors (Lipinski definition) is 2. The molecule has 1 aromatic carbocycles. The van der Waals surface area contributed by atoms with Gasteiger partial charge in [-0.15, -0.1) is 0 Å². The molecule has 4 heteroatoms. The zero-order valence-corrected chi connectivity index (χ0v) is 16.0. The summed E-state index contributed by atoms with van der Waals surface area (Å²) in [7, 11) is -0.0164. The van der Waals surface area contributed by atoms with Gasteiger partial charge in [0.2, 0.25) is 0 Å². The van der Waals surface area contributed by atoms with Crippen molar-refractivity contribution in [1.29, 1.82) is 0 Å². The Labute approximate surface area is 140 Å². The third kappa shape index (κ3) is 2.58. The molecule has 2 aliphatic rings. The molecule has 1 heterocycles. The number of amides is 1. The molecule has 2 bridgehead atoms. The number of likely N-dealkylation sites (N-methyl/N-ethyl adjacent to an activating group) is 1. The van der Waals surface area contributed by atoms with Crippen LogP contribution in [0.2, 0.25) is 18.1 Å². The van der Waals surface area contributed by atoms with Gasteiger partial charge in [0.15, 0.2) is 8.32 Å². The van der Waals surface area contributed by atoms with Gasteiger partial charge < -0.3 is 9.33 Å². The van der Waals surface area contributed by atoms with E-state index in [0.29, 0.717) is 0 Å². The lowest BCUT2D eigenvalue weighted by Gasteiger charge is -2.42. The Hall–Kier alpha value is -1.39. The number of carbonyl (C=O) groups is 1. The number of fused-ring (bicyclic) bond motifs is 4. The van der Waals surface area contributed by atoms with Crippen LogP contribution in [0.5, 0.6) is 0 Å². The number of nitrogens with zero attached hydrogens (tertiary/aromatic N) is 1. The van der Waals surface area contributed by atoms with Crippen molar-refractivity contribution in [3.8, 4) is 0 Å². The maximum absolute atomic E-state index is 12.8. The van der Waals surface area contributed by atoms with E-state index in [2.05, 4.69) is 52.1 Å². The molecular weight excluding hydrogens is 302 g/mol. The van der Waals surface area contributed by atoms with Crippen molar-refractivity contribution >= 4 is 14.2 Å². The Morgan fingerprint density at radius 2 is 1.78 bits per heavy atom. The summed E-state index contributed by atoms with van der Waals surface area (Å²) in [5.41, 5.74) is 1.92. The largest absolute Gasteiger partial charge is 0.411 e. The predicted molar refractivity (Wildman–Crippen MR) is 96.3 cm³/mol. The van der Waals surface area contributed by atoms with E-state index >= 15 is 0 Å². The summed E-state index contributed by atoms with van der Waals surface area (Å²) >= 11 is 0. The SMILES string of the molecule is CN1C(=O)c2ccccc2[C@@H]2C=C[C@H]1C2O[Si](C)(C)C(C)(C)C. The fourth-order valence-electron chi connectivity index (χ4n) is 3.26. The monoisotopic (exact) mass is 329 g/mol. The molecule has 0 spiro atoms. The summed E-state index contributed by atoms with van der Waals surface area (Å²) < 4.78 is 6.77. The second-order valence-electron chi connectivity index (χ2n) is 8.25. The molecule has 0 N–H and O–H groups in total. The van der Waals surface area contributed by atoms with Gasteiger partial charge in [0.1, 0.15) is 0 Å². The standard InChI is InChI=1S/C19H27NO2Si/c1-19(2,3)23(5,6)22-17-14-11-12-16(17)20(4)18(21)15-10-8-7-9-13(14)15/h7-12,14,16-17H,1-6H3/t14-,16-,17?/m0/s1. The molecule has 3 atom stereocenters. The quantitative estimate of drug-likeness (QED) is 0.601. The molecule has 3 nitrogen and oxygen atoms in total. The van der Waals surface area contributed by atoms with Gasteiger partial charge in [0.05, 0.1) is 12.1 Å². The molecule has 3 rings (SSSR count). The zero-order valence-electron chi connectivity index (χ0n) is 15.0. The van der Waals surface area contributed by atoms with Gasteiger partial charge in [-0.05, 0) is 29.8 Å². The summed E-state index contributed by atoms with van der Waals surface area (Å²) in [5.74, 6) is 0.264. The van der Waals surface area contributed by atoms with Crippen molar-refractivity contribution in [1.82, 2.24) is 4.90 Å². The van der Waals surface area contributed by atoms with E-state index in [4.69, 9.17) is 4.43 Å². The molecule has 1 unspecified atom stereocenters. The van der Waals surface area contributed by atoms with Crippen molar-refractivity contribution in [3.63, 3.8) is 0 Å². The third-order valence-corrected chi connectivity index (χ3v) is 10.2. The van der Waals surface area contributed by atoms with Crippen molar-refractivity contribution in [2.75, 3.05) is 7.05 Å². The van der Waals surface area contributed by atoms with Gasteiger partial charge in [-0.1, -0.05) is 51.1 Å². The van der Waals surface area contributed by atoms with Crippen LogP contribution >= 0.6 is 0 Å². The van der Waals surface area contributed by atoms with Gasteiger partial charge in [0, 0.05) is 18.5 Å². The molecule has 1 aliphatic carbocycles. The molecule has 0 aromatic heterocycles. The molecule has 124 valence electrons. The van der Waals surface area contributed by atoms with E-state index in [1.165, 1.54) is 0 Å². The molecule has 0 fully saturated rings. The number of carbonyl (C=O) groups excluding carboxylic acids is 1. The highest BCUT2D eigenvalue weighted by Crippen LogP contribution is 2.44. The second-order valence-corrected chi connectivity index (χ2v) is 13.0. The van der Waals surface area contributed by atoms with Crippen LogP contribution in [0.1, 0.15) is 42.6 Å². The van der Waals surface area contributed by atoms with Gasteiger partial charge >= 0.3 is 0 Å². The van der Waals surface area contributed by atoms with Gasteiger partial charge in [-0.2, -0.15) is 0 Å². The molecule has 23 heavy (non-hydrogen) atoms. The summed E-state index contributed by atoms with van der Waals surface area (Å²) in [5, 5.41) is 0.154. The third-order valence-electron chi connectivity index (χ3n) is 5.76. The first kappa shape index (κ1) is 16.5. The smallest absolute Gasteiger partial charge is 0.254 e. The lowest BCUT2D eigenvalue weighted by Crippen LogP contribution is -2.50. The molecule has 0 saturated heterocycles. The minimum atomic E-state index is -1.91. The van der Waals surface area contributed by atoms with Crippen LogP contribution < -0.4 is 0 Å². The molecule has 1 aromatic rings. The highest BCUT2D eigenvalue weighted by atomic mass is 28.4. The topological polar surface area (TPSA) is 29.5 Å². The fraction of sp³-hybridized carbons (Fsp3) is 0.526. The van der Waals surface area contributed by atoms with Gasteiger partial charge in [-0.25, -0.2) is 0 Å². The summed E-state index contributed by atoms with van der Waals surface area (Å²) in [4.78, 5) is 14.6. The first-order valence-corrected chi connectivity index (χ1v) is 11.3. The normalized spacial score (nSPS) is 27.1. The van der Waals surface area contributed by atoms with E-state index in [1.54, 1.807) is 0 Å². The molecular formula is C19H27NO2Si. The highest BCUT2D eigenvalue weighted by molar-refractivity contribution is 6.74. The average molecular weight is 330 g/mol. The van der Waals surface area contributed by atoms with Crippen molar-refractivity contribution in [2.24, 2.45) is 0 Å². The number of rotatable bonds is 2. The summed E-state index contributed by atoms with van der Waals surface area (Å²) in [6, 6.07) is 7.99. The lowest BCUT2D eigenvalue weighted by atomic mass is 9.92. The Balaban J connectivity index is 2.03. The first-order valence-electron chi connectivity index (χ1n) is 8.36. The molecule has 0 saturated carbocycles. The highest BCUT2D eigenvalue weighted by Gasteiger charge is 2.47. The maximum atomic E-state index is 12.8. The van der Waals surface area contributed by atoms with Gasteiger partial charge in [0.25, 0.3) is 5.91 Å². The molecule has 1 amide bonds. The van der Waals surface area contributed by atoms with E-state index in [-0.39, 0.29) is 29.0 Å². The van der Waals surface area contributed by atoms with Gasteiger partial charge in [-0.3, -0.25) is 4.79 Å². The van der Waals surface area contributed by atoms with E-state index < -0.39 is 8.32 Å². The lowest BCUT2D eigenvalue weighted by molar-refractivity contribution is 0.0620. The Bertz CT molecular complexity index is 660. The van der Waals surface area contributed by atoms with Crippen LogP contribution in [0.25, 0.3) is 0 Å². The van der Waals surface area contributed by atoms with Crippen molar-refractivity contribution in [2.45, 2.75) is 57.0 Å². The minimum absolute atomic E-state index is 0.0218. The second kappa shape index (κ2) is 5.31. The Kier molecular flexibility index (Phi) is 3.80. The summed E-state index contributed by atoms with van der Waals surface area (Å²) in [6.07, 6.45) is 4.40. The van der Waals surface area contributed by atoms with Crippen LogP contribution in [-0.4, -0.2) is 38.3 Å². The fourth-order valence-corrected chi connectivity index (χ4v) is 4.58. The van der Waals surface area contributed by atoms with E-state index in [9.17, 15) is 4.79 Å². The van der Waals surface area contributed by atoms with Crippen LogP contribution in [-0.2, 0) is 4.43 Å². The number of hydrogen-bond donors (Lipinski definition) is 0.